The highest BCUT2D eigenvalue weighted by atomic mass is 35.5. The first-order valence-corrected chi connectivity index (χ1v) is 7.53. The van der Waals surface area contributed by atoms with Gasteiger partial charge in [-0.2, -0.15) is 0 Å². The monoisotopic (exact) mass is 281 g/mol. The van der Waals surface area contributed by atoms with Crippen molar-refractivity contribution in [2.24, 2.45) is 0 Å². The molecule has 0 saturated heterocycles. The normalized spacial score (nSPS) is 10.8. The summed E-state index contributed by atoms with van der Waals surface area (Å²) in [4.78, 5) is 14.7. The van der Waals surface area contributed by atoms with Gasteiger partial charge in [0.2, 0.25) is 0 Å². The Morgan fingerprint density at radius 1 is 1.26 bits per heavy atom. The summed E-state index contributed by atoms with van der Waals surface area (Å²) in [6, 6.07) is 6.16. The molecule has 0 fully saturated rings. The molecule has 0 aliphatic heterocycles. The van der Waals surface area contributed by atoms with Gasteiger partial charge < -0.3 is 4.90 Å². The van der Waals surface area contributed by atoms with E-state index >= 15 is 0 Å². The fourth-order valence-electron chi connectivity index (χ4n) is 2.41. The molecule has 3 heteroatoms. The smallest absolute Gasteiger partial charge is 0.254 e. The number of carbonyl (C=O) groups excluding carboxylic acids is 1. The van der Waals surface area contributed by atoms with Gasteiger partial charge in [-0.1, -0.05) is 26.0 Å². The fourth-order valence-corrected chi connectivity index (χ4v) is 2.59. The van der Waals surface area contributed by atoms with Crippen molar-refractivity contribution in [3.63, 3.8) is 0 Å². The van der Waals surface area contributed by atoms with Crippen molar-refractivity contribution < 1.29 is 4.79 Å². The van der Waals surface area contributed by atoms with Gasteiger partial charge in [0.05, 0.1) is 0 Å². The Bertz CT molecular complexity index is 427. The molecule has 0 N–H and O–H groups in total. The van der Waals surface area contributed by atoms with E-state index in [1.165, 1.54) is 0 Å². The van der Waals surface area contributed by atoms with Gasteiger partial charge in [-0.25, -0.2) is 0 Å². The fraction of sp³-hybridized carbons (Fsp3) is 0.562. The average Bonchev–Trinajstić information content (AvgIpc) is 2.41. The van der Waals surface area contributed by atoms with E-state index < -0.39 is 0 Å². The molecule has 0 aliphatic carbocycles. The number of hydrogen-bond donors (Lipinski definition) is 0. The van der Waals surface area contributed by atoms with Gasteiger partial charge in [-0.05, 0) is 43.9 Å². The molecular weight excluding hydrogens is 258 g/mol. The van der Waals surface area contributed by atoms with Crippen molar-refractivity contribution in [1.29, 1.82) is 0 Å². The minimum atomic E-state index is 0.107. The number of aryl methyl sites for hydroxylation is 1. The lowest BCUT2D eigenvalue weighted by Crippen LogP contribution is -2.41. The predicted molar refractivity (Wildman–Crippen MR) is 82.0 cm³/mol. The van der Waals surface area contributed by atoms with Gasteiger partial charge >= 0.3 is 0 Å². The van der Waals surface area contributed by atoms with Gasteiger partial charge in [-0.15, -0.1) is 11.6 Å². The maximum atomic E-state index is 12.7. The zero-order valence-corrected chi connectivity index (χ0v) is 13.1. The third kappa shape index (κ3) is 3.73. The first kappa shape index (κ1) is 16.0. The lowest BCUT2D eigenvalue weighted by Gasteiger charge is -2.30. The Labute approximate surface area is 121 Å². The summed E-state index contributed by atoms with van der Waals surface area (Å²) < 4.78 is 0. The number of halogens is 1. The first-order chi connectivity index (χ1) is 9.06. The topological polar surface area (TPSA) is 20.3 Å². The summed E-state index contributed by atoms with van der Waals surface area (Å²) in [6.07, 6.45) is 1.92. The SMILES string of the molecule is CCC(CC)N(CCCl)C(=O)c1cccc(C)c1C. The van der Waals surface area contributed by atoms with Crippen LogP contribution in [0.25, 0.3) is 0 Å². The summed E-state index contributed by atoms with van der Waals surface area (Å²) in [5.41, 5.74) is 3.02. The van der Waals surface area contributed by atoms with Gasteiger partial charge in [0.25, 0.3) is 5.91 Å². The molecule has 1 rings (SSSR count). The van der Waals surface area contributed by atoms with Gasteiger partial charge in [-0.3, -0.25) is 4.79 Å². The number of carbonyl (C=O) groups is 1. The first-order valence-electron chi connectivity index (χ1n) is 6.99. The molecule has 0 atom stereocenters. The van der Waals surface area contributed by atoms with Crippen LogP contribution in [0.1, 0.15) is 48.2 Å². The zero-order chi connectivity index (χ0) is 14.4. The number of nitrogens with zero attached hydrogens (tertiary/aromatic N) is 1. The maximum absolute atomic E-state index is 12.7. The Kier molecular flexibility index (Phi) is 6.36. The molecule has 2 nitrogen and oxygen atoms in total. The van der Waals surface area contributed by atoms with Crippen LogP contribution in [0.4, 0.5) is 0 Å². The van der Waals surface area contributed by atoms with E-state index in [2.05, 4.69) is 13.8 Å². The van der Waals surface area contributed by atoms with Crippen LogP contribution in [0.3, 0.4) is 0 Å². The van der Waals surface area contributed by atoms with Gasteiger partial charge in [0.1, 0.15) is 0 Å². The Morgan fingerprint density at radius 2 is 1.89 bits per heavy atom. The summed E-state index contributed by atoms with van der Waals surface area (Å²) in [5, 5.41) is 0. The molecule has 19 heavy (non-hydrogen) atoms. The summed E-state index contributed by atoms with van der Waals surface area (Å²) in [5.74, 6) is 0.586. The van der Waals surface area contributed by atoms with Crippen molar-refractivity contribution in [2.45, 2.75) is 46.6 Å². The molecule has 0 saturated carbocycles. The van der Waals surface area contributed by atoms with E-state index in [0.717, 1.165) is 29.5 Å². The van der Waals surface area contributed by atoms with Crippen LogP contribution in [0.2, 0.25) is 0 Å². The molecule has 0 spiro atoms. The molecule has 1 amide bonds. The van der Waals surface area contributed by atoms with Crippen LogP contribution in [0.5, 0.6) is 0 Å². The van der Waals surface area contributed by atoms with Crippen LogP contribution in [-0.4, -0.2) is 29.3 Å². The van der Waals surface area contributed by atoms with Crippen LogP contribution in [0.15, 0.2) is 18.2 Å². The Hall–Kier alpha value is -1.02. The molecular formula is C16H24ClNO. The highest BCUT2D eigenvalue weighted by Crippen LogP contribution is 2.18. The molecule has 0 aromatic heterocycles. The molecule has 0 heterocycles. The molecule has 106 valence electrons. The second-order valence-corrected chi connectivity index (χ2v) is 5.28. The van der Waals surface area contributed by atoms with Crippen molar-refractivity contribution >= 4 is 17.5 Å². The second-order valence-electron chi connectivity index (χ2n) is 4.91. The quantitative estimate of drug-likeness (QED) is 0.717. The Balaban J connectivity index is 3.08. The molecule has 0 bridgehead atoms. The lowest BCUT2D eigenvalue weighted by molar-refractivity contribution is 0.0681. The van der Waals surface area contributed by atoms with Gasteiger partial charge in [0.15, 0.2) is 0 Å². The largest absolute Gasteiger partial charge is 0.334 e. The number of hydrogen-bond acceptors (Lipinski definition) is 1. The van der Waals surface area contributed by atoms with E-state index in [9.17, 15) is 4.79 Å². The standard InChI is InChI=1S/C16H24ClNO/c1-5-14(6-2)18(11-10-17)16(19)15-9-7-8-12(3)13(15)4/h7-9,14H,5-6,10-11H2,1-4H3. The maximum Gasteiger partial charge on any atom is 0.254 e. The molecule has 0 radical (unpaired) electrons. The van der Waals surface area contributed by atoms with E-state index in [4.69, 9.17) is 11.6 Å². The summed E-state index contributed by atoms with van der Waals surface area (Å²) in [7, 11) is 0. The lowest BCUT2D eigenvalue weighted by atomic mass is 10.0. The van der Waals surface area contributed by atoms with Gasteiger partial charge in [0, 0.05) is 24.0 Å². The van der Waals surface area contributed by atoms with E-state index in [1.54, 1.807) is 0 Å². The minimum absolute atomic E-state index is 0.107. The van der Waals surface area contributed by atoms with E-state index in [1.807, 2.05) is 36.9 Å². The van der Waals surface area contributed by atoms with Crippen LogP contribution < -0.4 is 0 Å². The molecule has 0 unspecified atom stereocenters. The average molecular weight is 282 g/mol. The van der Waals surface area contributed by atoms with E-state index in [-0.39, 0.29) is 11.9 Å². The summed E-state index contributed by atoms with van der Waals surface area (Å²) in [6.45, 7) is 8.89. The van der Waals surface area contributed by atoms with Crippen LogP contribution >= 0.6 is 11.6 Å². The zero-order valence-electron chi connectivity index (χ0n) is 12.4. The van der Waals surface area contributed by atoms with Crippen molar-refractivity contribution in [1.82, 2.24) is 4.90 Å². The van der Waals surface area contributed by atoms with Crippen LogP contribution in [0, 0.1) is 13.8 Å². The van der Waals surface area contributed by atoms with Crippen LogP contribution in [-0.2, 0) is 0 Å². The second kappa shape index (κ2) is 7.54. The molecule has 1 aromatic rings. The van der Waals surface area contributed by atoms with Crippen molar-refractivity contribution in [2.75, 3.05) is 12.4 Å². The summed E-state index contributed by atoms with van der Waals surface area (Å²) >= 11 is 5.86. The van der Waals surface area contributed by atoms with Crippen molar-refractivity contribution in [3.8, 4) is 0 Å². The van der Waals surface area contributed by atoms with Crippen molar-refractivity contribution in [3.05, 3.63) is 34.9 Å². The highest BCUT2D eigenvalue weighted by molar-refractivity contribution is 6.18. The predicted octanol–water partition coefficient (Wildman–Crippen LogP) is 4.17. The third-order valence-corrected chi connectivity index (χ3v) is 3.97. The third-order valence-electron chi connectivity index (χ3n) is 3.80. The molecule has 1 aromatic carbocycles. The highest BCUT2D eigenvalue weighted by Gasteiger charge is 2.23. The van der Waals surface area contributed by atoms with E-state index in [0.29, 0.717) is 12.4 Å². The Morgan fingerprint density at radius 3 is 2.42 bits per heavy atom. The number of alkyl halides is 1. The number of rotatable bonds is 6. The molecule has 0 aliphatic rings. The minimum Gasteiger partial charge on any atom is -0.334 e. The number of amides is 1. The number of benzene rings is 1.